The third-order valence-electron chi connectivity index (χ3n) is 4.70. The molecule has 0 bridgehead atoms. The Morgan fingerprint density at radius 2 is 1.61 bits per heavy atom. The van der Waals surface area contributed by atoms with Crippen LogP contribution in [-0.4, -0.2) is 23.3 Å². The Hall–Kier alpha value is -2.75. The third-order valence-corrected chi connectivity index (χ3v) is 4.70. The number of aliphatic carboxylic acids is 1. The summed E-state index contributed by atoms with van der Waals surface area (Å²) in [6, 6.07) is 9.27. The molecule has 0 saturated heterocycles. The molecule has 0 heterocycles. The Kier molecular flexibility index (Phi) is 5.93. The van der Waals surface area contributed by atoms with Crippen molar-refractivity contribution in [1.29, 1.82) is 0 Å². The molecule has 0 unspecified atom stereocenters. The average molecular weight is 383 g/mol. The van der Waals surface area contributed by atoms with E-state index in [9.17, 15) is 9.90 Å². The Labute approximate surface area is 167 Å². The molecule has 0 aromatic heterocycles. The van der Waals surface area contributed by atoms with Gasteiger partial charge in [-0.2, -0.15) is 0 Å². The summed E-state index contributed by atoms with van der Waals surface area (Å²) in [5, 5.41) is 19.5. The van der Waals surface area contributed by atoms with Crippen LogP contribution < -0.4 is 4.74 Å². The van der Waals surface area contributed by atoms with Gasteiger partial charge >= 0.3 is 5.97 Å². The molecule has 2 N–H and O–H groups in total. The number of ether oxygens (including phenoxy) is 1. The van der Waals surface area contributed by atoms with E-state index in [1.807, 2.05) is 6.07 Å². The predicted octanol–water partition coefficient (Wildman–Crippen LogP) is 5.76. The highest BCUT2D eigenvalue weighted by molar-refractivity contribution is 5.86. The number of phenolic OH excluding ortho intramolecular Hbond substituents is 1. The fraction of sp³-hybridized carbons (Fsp3) is 0.375. The molecule has 2 rings (SSSR count). The fourth-order valence-corrected chi connectivity index (χ4v) is 3.08. The van der Waals surface area contributed by atoms with Crippen LogP contribution in [0.5, 0.6) is 11.5 Å². The molecule has 0 aliphatic carbocycles. The molecule has 4 nitrogen and oxygen atoms in total. The summed E-state index contributed by atoms with van der Waals surface area (Å²) in [5.41, 5.74) is 4.05. The summed E-state index contributed by atoms with van der Waals surface area (Å²) in [6.45, 7) is 12.8. The van der Waals surface area contributed by atoms with E-state index in [1.54, 1.807) is 25.3 Å². The van der Waals surface area contributed by atoms with E-state index in [0.717, 1.165) is 28.5 Å². The van der Waals surface area contributed by atoms with Crippen LogP contribution in [0.25, 0.3) is 17.2 Å². The van der Waals surface area contributed by atoms with Crippen LogP contribution in [0, 0.1) is 0 Å². The number of hydrogen-bond donors (Lipinski definition) is 2. The van der Waals surface area contributed by atoms with Crippen molar-refractivity contribution in [2.45, 2.75) is 52.4 Å². The van der Waals surface area contributed by atoms with Gasteiger partial charge in [0.2, 0.25) is 0 Å². The monoisotopic (exact) mass is 382 g/mol. The number of aromatic hydroxyl groups is 1. The fourth-order valence-electron chi connectivity index (χ4n) is 3.08. The molecule has 2 aromatic rings. The quantitative estimate of drug-likeness (QED) is 0.660. The minimum atomic E-state index is -1.02. The summed E-state index contributed by atoms with van der Waals surface area (Å²) in [7, 11) is 1.63. The van der Waals surface area contributed by atoms with Crippen molar-refractivity contribution >= 4 is 12.0 Å². The molecule has 2 aromatic carbocycles. The molecule has 0 spiro atoms. The van der Waals surface area contributed by atoms with Crippen molar-refractivity contribution in [3.63, 3.8) is 0 Å². The van der Waals surface area contributed by atoms with E-state index >= 15 is 0 Å². The van der Waals surface area contributed by atoms with Crippen LogP contribution in [0.4, 0.5) is 0 Å². The van der Waals surface area contributed by atoms with Crippen molar-refractivity contribution in [1.82, 2.24) is 0 Å². The maximum absolute atomic E-state index is 10.8. The molecule has 4 heteroatoms. The van der Waals surface area contributed by atoms with Crippen LogP contribution >= 0.6 is 0 Å². The summed E-state index contributed by atoms with van der Waals surface area (Å²) < 4.78 is 5.79. The van der Waals surface area contributed by atoms with Gasteiger partial charge in [-0.1, -0.05) is 53.7 Å². The zero-order valence-electron chi connectivity index (χ0n) is 17.8. The average Bonchev–Trinajstić information content (AvgIpc) is 2.58. The summed E-state index contributed by atoms with van der Waals surface area (Å²) in [6.07, 6.45) is 2.59. The van der Waals surface area contributed by atoms with Crippen LogP contribution in [0.2, 0.25) is 0 Å². The molecule has 0 aliphatic heterocycles. The molecule has 0 radical (unpaired) electrons. The predicted molar refractivity (Wildman–Crippen MR) is 114 cm³/mol. The number of hydrogen-bond acceptors (Lipinski definition) is 3. The molecule has 0 aliphatic rings. The van der Waals surface area contributed by atoms with E-state index in [4.69, 9.17) is 9.84 Å². The first-order chi connectivity index (χ1) is 12.8. The Morgan fingerprint density at radius 3 is 2.11 bits per heavy atom. The van der Waals surface area contributed by atoms with Gasteiger partial charge < -0.3 is 14.9 Å². The smallest absolute Gasteiger partial charge is 0.328 e. The number of benzene rings is 2. The second-order valence-corrected chi connectivity index (χ2v) is 9.05. The lowest BCUT2D eigenvalue weighted by molar-refractivity contribution is -0.131. The van der Waals surface area contributed by atoms with Gasteiger partial charge in [0, 0.05) is 22.8 Å². The van der Waals surface area contributed by atoms with Crippen molar-refractivity contribution in [2.75, 3.05) is 7.11 Å². The minimum absolute atomic E-state index is 0.0859. The lowest BCUT2D eigenvalue weighted by Crippen LogP contribution is -2.18. The minimum Gasteiger partial charge on any atom is -0.507 e. The first-order valence-electron chi connectivity index (χ1n) is 9.32. The Balaban J connectivity index is 2.84. The standard InChI is InChI=1S/C24H30O4/c1-23(2,3)16-13-18(22(28-7)19(14-16)24(4,5)6)17-12-15(8-10-20(17)25)9-11-21(26)27/h8-14,25H,1-7H3,(H,26,27)/b11-9+. The highest BCUT2D eigenvalue weighted by atomic mass is 16.5. The zero-order chi connectivity index (χ0) is 21.3. The first kappa shape index (κ1) is 21.5. The SMILES string of the molecule is COc1c(-c2cc(/C=C/C(=O)O)ccc2O)cc(C(C)(C)C)cc1C(C)(C)C. The van der Waals surface area contributed by atoms with Crippen LogP contribution in [0.15, 0.2) is 36.4 Å². The van der Waals surface area contributed by atoms with E-state index in [2.05, 4.69) is 47.6 Å². The molecule has 0 amide bonds. The van der Waals surface area contributed by atoms with Crippen molar-refractivity contribution in [2.24, 2.45) is 0 Å². The van der Waals surface area contributed by atoms with E-state index in [-0.39, 0.29) is 16.6 Å². The summed E-state index contributed by atoms with van der Waals surface area (Å²) in [5.74, 6) is -0.177. The number of rotatable bonds is 4. The van der Waals surface area contributed by atoms with E-state index in [1.165, 1.54) is 6.08 Å². The van der Waals surface area contributed by atoms with Crippen molar-refractivity contribution in [3.8, 4) is 22.6 Å². The molecular formula is C24H30O4. The molecule has 0 atom stereocenters. The van der Waals surface area contributed by atoms with Gasteiger partial charge in [0.05, 0.1) is 7.11 Å². The van der Waals surface area contributed by atoms with Gasteiger partial charge in [-0.05, 0) is 46.2 Å². The molecule has 0 saturated carbocycles. The van der Waals surface area contributed by atoms with Crippen LogP contribution in [0.1, 0.15) is 58.2 Å². The lowest BCUT2D eigenvalue weighted by Gasteiger charge is -2.29. The zero-order valence-corrected chi connectivity index (χ0v) is 17.8. The number of carboxylic acids is 1. The molecule has 150 valence electrons. The van der Waals surface area contributed by atoms with Crippen molar-refractivity contribution < 1.29 is 19.7 Å². The number of carbonyl (C=O) groups is 1. The van der Waals surface area contributed by atoms with Gasteiger partial charge in [-0.3, -0.25) is 0 Å². The normalized spacial score (nSPS) is 12.4. The van der Waals surface area contributed by atoms with Crippen molar-refractivity contribution in [3.05, 3.63) is 53.1 Å². The van der Waals surface area contributed by atoms with Gasteiger partial charge in [0.1, 0.15) is 11.5 Å². The molecular weight excluding hydrogens is 352 g/mol. The maximum atomic E-state index is 10.8. The second-order valence-electron chi connectivity index (χ2n) is 9.05. The van der Waals surface area contributed by atoms with Crippen LogP contribution in [-0.2, 0) is 15.6 Å². The number of phenols is 1. The van der Waals surface area contributed by atoms with Gasteiger partial charge in [-0.15, -0.1) is 0 Å². The summed E-state index contributed by atoms with van der Waals surface area (Å²) in [4.78, 5) is 10.8. The van der Waals surface area contributed by atoms with E-state index in [0.29, 0.717) is 11.1 Å². The van der Waals surface area contributed by atoms with Gasteiger partial charge in [0.25, 0.3) is 0 Å². The topological polar surface area (TPSA) is 66.8 Å². The van der Waals surface area contributed by atoms with Gasteiger partial charge in [0.15, 0.2) is 0 Å². The molecule has 0 fully saturated rings. The van der Waals surface area contributed by atoms with Crippen LogP contribution in [0.3, 0.4) is 0 Å². The lowest BCUT2D eigenvalue weighted by atomic mass is 9.78. The second kappa shape index (κ2) is 7.70. The Bertz CT molecular complexity index is 909. The highest BCUT2D eigenvalue weighted by Gasteiger charge is 2.27. The Morgan fingerprint density at radius 1 is 0.964 bits per heavy atom. The largest absolute Gasteiger partial charge is 0.507 e. The third kappa shape index (κ3) is 4.75. The van der Waals surface area contributed by atoms with Gasteiger partial charge in [-0.25, -0.2) is 4.79 Å². The highest BCUT2D eigenvalue weighted by Crippen LogP contribution is 2.45. The summed E-state index contributed by atoms with van der Waals surface area (Å²) >= 11 is 0. The molecule has 28 heavy (non-hydrogen) atoms. The first-order valence-corrected chi connectivity index (χ1v) is 9.32. The van der Waals surface area contributed by atoms with E-state index < -0.39 is 5.97 Å². The number of methoxy groups -OCH3 is 1. The maximum Gasteiger partial charge on any atom is 0.328 e. The number of carboxylic acid groups (broad SMARTS) is 1.